The molecule has 2 rings (SSSR count). The molecule has 0 aromatic carbocycles. The van der Waals surface area contributed by atoms with Gasteiger partial charge in [0.25, 0.3) is 0 Å². The lowest BCUT2D eigenvalue weighted by atomic mass is 9.92. The second-order valence-electron chi connectivity index (χ2n) is 5.64. The number of carbonyl (C=O) groups excluding carboxylic acids is 1. The fourth-order valence-corrected chi connectivity index (χ4v) is 2.48. The van der Waals surface area contributed by atoms with Gasteiger partial charge in [0.05, 0.1) is 11.9 Å². The highest BCUT2D eigenvalue weighted by atomic mass is 16.1. The maximum Gasteiger partial charge on any atom is 0.239 e. The Hall–Kier alpha value is -1.52. The zero-order valence-corrected chi connectivity index (χ0v) is 10.4. The summed E-state index contributed by atoms with van der Waals surface area (Å²) in [5.41, 5.74) is 6.51. The SMILES string of the molecule is CC1(C)CCC(Nc2cnn(CC(N)=O)c2)C1. The molecule has 3 N–H and O–H groups in total. The summed E-state index contributed by atoms with van der Waals surface area (Å²) in [5, 5.41) is 7.54. The average Bonchev–Trinajstić information content (AvgIpc) is 2.73. The Morgan fingerprint density at radius 1 is 1.71 bits per heavy atom. The number of carbonyl (C=O) groups is 1. The Morgan fingerprint density at radius 3 is 3.06 bits per heavy atom. The molecule has 0 aliphatic heterocycles. The highest BCUT2D eigenvalue weighted by Gasteiger charge is 2.30. The topological polar surface area (TPSA) is 72.9 Å². The van der Waals surface area contributed by atoms with Crippen molar-refractivity contribution < 1.29 is 4.79 Å². The Labute approximate surface area is 101 Å². The van der Waals surface area contributed by atoms with Crippen molar-refractivity contribution in [2.45, 2.75) is 45.7 Å². The highest BCUT2D eigenvalue weighted by Crippen LogP contribution is 2.38. The summed E-state index contributed by atoms with van der Waals surface area (Å²) in [6.45, 7) is 4.73. The molecule has 1 fully saturated rings. The summed E-state index contributed by atoms with van der Waals surface area (Å²) < 4.78 is 1.56. The van der Waals surface area contributed by atoms with Crippen molar-refractivity contribution in [2.24, 2.45) is 11.1 Å². The maximum atomic E-state index is 10.7. The van der Waals surface area contributed by atoms with Crippen LogP contribution in [0.1, 0.15) is 33.1 Å². The molecule has 0 radical (unpaired) electrons. The smallest absolute Gasteiger partial charge is 0.239 e. The summed E-state index contributed by atoms with van der Waals surface area (Å²) in [7, 11) is 0. The average molecular weight is 236 g/mol. The summed E-state index contributed by atoms with van der Waals surface area (Å²) in [6.07, 6.45) is 7.19. The molecule has 0 bridgehead atoms. The third kappa shape index (κ3) is 3.22. The highest BCUT2D eigenvalue weighted by molar-refractivity contribution is 5.73. The van der Waals surface area contributed by atoms with Gasteiger partial charge in [-0.15, -0.1) is 0 Å². The van der Waals surface area contributed by atoms with Crippen LogP contribution in [0.4, 0.5) is 5.69 Å². The predicted molar refractivity (Wildman–Crippen MR) is 66.5 cm³/mol. The van der Waals surface area contributed by atoms with Gasteiger partial charge in [0.1, 0.15) is 6.54 Å². The molecule has 17 heavy (non-hydrogen) atoms. The molecule has 0 spiro atoms. The number of nitrogens with one attached hydrogen (secondary N) is 1. The number of primary amides is 1. The lowest BCUT2D eigenvalue weighted by Crippen LogP contribution is -2.19. The largest absolute Gasteiger partial charge is 0.380 e. The van der Waals surface area contributed by atoms with Gasteiger partial charge in [-0.3, -0.25) is 9.48 Å². The minimum Gasteiger partial charge on any atom is -0.380 e. The number of nitrogens with two attached hydrogens (primary N) is 1. The van der Waals surface area contributed by atoms with Crippen molar-refractivity contribution in [3.8, 4) is 0 Å². The number of amides is 1. The van der Waals surface area contributed by atoms with E-state index in [4.69, 9.17) is 5.73 Å². The maximum absolute atomic E-state index is 10.7. The number of hydrogen-bond acceptors (Lipinski definition) is 3. The third-order valence-electron chi connectivity index (χ3n) is 3.29. The number of rotatable bonds is 4. The Bertz CT molecular complexity index is 410. The van der Waals surface area contributed by atoms with Crippen molar-refractivity contribution in [3.63, 3.8) is 0 Å². The normalized spacial score (nSPS) is 22.6. The van der Waals surface area contributed by atoms with E-state index in [2.05, 4.69) is 24.3 Å². The van der Waals surface area contributed by atoms with E-state index in [0.717, 1.165) is 5.69 Å². The number of nitrogens with zero attached hydrogens (tertiary/aromatic N) is 2. The summed E-state index contributed by atoms with van der Waals surface area (Å²) in [5.74, 6) is -0.373. The zero-order valence-electron chi connectivity index (χ0n) is 10.4. The molecule has 0 saturated heterocycles. The van der Waals surface area contributed by atoms with Crippen LogP contribution in [0.5, 0.6) is 0 Å². The van der Waals surface area contributed by atoms with Crippen molar-refractivity contribution >= 4 is 11.6 Å². The molecule has 1 amide bonds. The van der Waals surface area contributed by atoms with Crippen LogP contribution >= 0.6 is 0 Å². The molecule has 1 aromatic heterocycles. The van der Waals surface area contributed by atoms with Gasteiger partial charge in [0.15, 0.2) is 0 Å². The number of hydrogen-bond donors (Lipinski definition) is 2. The lowest BCUT2D eigenvalue weighted by molar-refractivity contribution is -0.118. The monoisotopic (exact) mass is 236 g/mol. The minimum atomic E-state index is -0.373. The molecule has 1 aliphatic carbocycles. The van der Waals surface area contributed by atoms with E-state index in [1.165, 1.54) is 19.3 Å². The van der Waals surface area contributed by atoms with Crippen LogP contribution in [-0.2, 0) is 11.3 Å². The van der Waals surface area contributed by atoms with Gasteiger partial charge in [-0.2, -0.15) is 5.10 Å². The molecule has 1 saturated carbocycles. The molecule has 5 heteroatoms. The third-order valence-corrected chi connectivity index (χ3v) is 3.29. The van der Waals surface area contributed by atoms with Crippen LogP contribution in [0.2, 0.25) is 0 Å². The zero-order chi connectivity index (χ0) is 12.5. The summed E-state index contributed by atoms with van der Waals surface area (Å²) >= 11 is 0. The van der Waals surface area contributed by atoms with E-state index in [1.54, 1.807) is 10.9 Å². The molecular weight excluding hydrogens is 216 g/mol. The molecule has 1 heterocycles. The molecule has 5 nitrogen and oxygen atoms in total. The second-order valence-corrected chi connectivity index (χ2v) is 5.64. The van der Waals surface area contributed by atoms with Crippen LogP contribution in [0.15, 0.2) is 12.4 Å². The van der Waals surface area contributed by atoms with Gasteiger partial charge in [-0.05, 0) is 24.7 Å². The van der Waals surface area contributed by atoms with E-state index < -0.39 is 0 Å². The van der Waals surface area contributed by atoms with Crippen LogP contribution < -0.4 is 11.1 Å². The minimum absolute atomic E-state index is 0.137. The first-order valence-corrected chi connectivity index (χ1v) is 6.02. The van der Waals surface area contributed by atoms with Crippen LogP contribution in [0.3, 0.4) is 0 Å². The van der Waals surface area contributed by atoms with Crippen LogP contribution in [-0.4, -0.2) is 21.7 Å². The fourth-order valence-electron chi connectivity index (χ4n) is 2.48. The Balaban J connectivity index is 1.91. The van der Waals surface area contributed by atoms with E-state index in [9.17, 15) is 4.79 Å². The fraction of sp³-hybridized carbons (Fsp3) is 0.667. The molecule has 94 valence electrons. The quantitative estimate of drug-likeness (QED) is 0.829. The van der Waals surface area contributed by atoms with Gasteiger partial charge >= 0.3 is 0 Å². The van der Waals surface area contributed by atoms with Crippen molar-refractivity contribution in [2.75, 3.05) is 5.32 Å². The van der Waals surface area contributed by atoms with E-state index >= 15 is 0 Å². The van der Waals surface area contributed by atoms with Gasteiger partial charge in [0.2, 0.25) is 5.91 Å². The first-order chi connectivity index (χ1) is 7.94. The molecule has 1 unspecified atom stereocenters. The Kier molecular flexibility index (Phi) is 3.09. The van der Waals surface area contributed by atoms with E-state index in [-0.39, 0.29) is 12.5 Å². The van der Waals surface area contributed by atoms with Crippen molar-refractivity contribution in [3.05, 3.63) is 12.4 Å². The van der Waals surface area contributed by atoms with Crippen LogP contribution in [0.25, 0.3) is 0 Å². The van der Waals surface area contributed by atoms with Gasteiger partial charge in [0, 0.05) is 12.2 Å². The number of anilines is 1. The first kappa shape index (κ1) is 12.0. The van der Waals surface area contributed by atoms with Gasteiger partial charge in [-0.1, -0.05) is 13.8 Å². The van der Waals surface area contributed by atoms with Gasteiger partial charge in [-0.25, -0.2) is 0 Å². The van der Waals surface area contributed by atoms with E-state index in [1.807, 2.05) is 6.20 Å². The standard InChI is InChI=1S/C12H20N4O/c1-12(2)4-3-9(5-12)15-10-6-14-16(7-10)8-11(13)17/h6-7,9,15H,3-5,8H2,1-2H3,(H2,13,17). The van der Waals surface area contributed by atoms with Crippen molar-refractivity contribution in [1.82, 2.24) is 9.78 Å². The summed E-state index contributed by atoms with van der Waals surface area (Å²) in [6, 6.07) is 0.510. The molecule has 1 atom stereocenters. The van der Waals surface area contributed by atoms with Gasteiger partial charge < -0.3 is 11.1 Å². The molecular formula is C12H20N4O. The van der Waals surface area contributed by atoms with E-state index in [0.29, 0.717) is 11.5 Å². The Morgan fingerprint density at radius 2 is 2.47 bits per heavy atom. The van der Waals surface area contributed by atoms with Crippen LogP contribution in [0, 0.1) is 5.41 Å². The molecule has 1 aliphatic rings. The predicted octanol–water partition coefficient (Wildman–Crippen LogP) is 1.36. The lowest BCUT2D eigenvalue weighted by Gasteiger charge is -2.17. The summed E-state index contributed by atoms with van der Waals surface area (Å²) in [4.78, 5) is 10.7. The molecule has 1 aromatic rings. The first-order valence-electron chi connectivity index (χ1n) is 6.02. The van der Waals surface area contributed by atoms with Crippen molar-refractivity contribution in [1.29, 1.82) is 0 Å². The second kappa shape index (κ2) is 4.39. The number of aromatic nitrogens is 2.